The number of amides is 1. The van der Waals surface area contributed by atoms with Crippen molar-refractivity contribution in [2.75, 3.05) is 5.32 Å². The minimum Gasteiger partial charge on any atom is -0.364 e. The third kappa shape index (κ3) is 4.95. The topological polar surface area (TPSA) is 87.3 Å². The van der Waals surface area contributed by atoms with Gasteiger partial charge in [-0.25, -0.2) is 8.42 Å². The fraction of sp³-hybridized carbons (Fsp3) is 0.208. The third-order valence-electron chi connectivity index (χ3n) is 5.34. The van der Waals surface area contributed by atoms with E-state index in [2.05, 4.69) is 27.5 Å². The summed E-state index contributed by atoms with van der Waals surface area (Å²) >= 11 is 0. The molecular formula is C24H25N3O3S. The Hall–Kier alpha value is -3.16. The third-order valence-corrected chi connectivity index (χ3v) is 6.82. The van der Waals surface area contributed by atoms with E-state index in [1.54, 1.807) is 48.5 Å². The summed E-state index contributed by atoms with van der Waals surface area (Å²) in [6.45, 7) is 1.99. The molecule has 3 N–H and O–H groups in total. The van der Waals surface area contributed by atoms with E-state index in [0.717, 1.165) is 18.4 Å². The normalized spacial score (nSPS) is 17.8. The molecule has 0 spiro atoms. The van der Waals surface area contributed by atoms with E-state index in [-0.39, 0.29) is 16.8 Å². The zero-order valence-corrected chi connectivity index (χ0v) is 18.0. The zero-order valence-electron chi connectivity index (χ0n) is 17.2. The first-order valence-corrected chi connectivity index (χ1v) is 11.7. The van der Waals surface area contributed by atoms with Crippen LogP contribution in [0, 0.1) is 0 Å². The molecule has 7 heteroatoms. The molecule has 1 amide bonds. The molecule has 0 saturated carbocycles. The Morgan fingerprint density at radius 1 is 0.968 bits per heavy atom. The molecule has 3 aromatic carbocycles. The van der Waals surface area contributed by atoms with Gasteiger partial charge in [0, 0.05) is 11.6 Å². The van der Waals surface area contributed by atoms with Crippen LogP contribution in [0.1, 0.15) is 41.0 Å². The second-order valence-electron chi connectivity index (χ2n) is 7.72. The maximum atomic E-state index is 12.6. The first kappa shape index (κ1) is 21.1. The maximum absolute atomic E-state index is 12.6. The smallest absolute Gasteiger partial charge is 0.251 e. The lowest BCUT2D eigenvalue weighted by Gasteiger charge is -2.28. The quantitative estimate of drug-likeness (QED) is 0.549. The fourth-order valence-corrected chi connectivity index (χ4v) is 4.92. The SMILES string of the molecule is C[C@H](CCc1ccccc1)NC(=O)c1ccc([C@@H]2Nc3ccccc3S(=O)(=O)N2)cc1. The van der Waals surface area contributed by atoms with Crippen LogP contribution in [-0.2, 0) is 16.4 Å². The van der Waals surface area contributed by atoms with Crippen LogP contribution in [0.3, 0.4) is 0 Å². The molecule has 2 atom stereocenters. The lowest BCUT2D eigenvalue weighted by molar-refractivity contribution is 0.0938. The van der Waals surface area contributed by atoms with Crippen LogP contribution in [0.2, 0.25) is 0 Å². The van der Waals surface area contributed by atoms with Crippen molar-refractivity contribution in [3.63, 3.8) is 0 Å². The van der Waals surface area contributed by atoms with Crippen molar-refractivity contribution in [1.29, 1.82) is 0 Å². The molecule has 0 radical (unpaired) electrons. The molecule has 0 bridgehead atoms. The van der Waals surface area contributed by atoms with Gasteiger partial charge in [0.25, 0.3) is 5.91 Å². The van der Waals surface area contributed by atoms with Gasteiger partial charge in [0.2, 0.25) is 10.0 Å². The number of fused-ring (bicyclic) bond motifs is 1. The average Bonchev–Trinajstić information content (AvgIpc) is 2.78. The van der Waals surface area contributed by atoms with Gasteiger partial charge in [-0.3, -0.25) is 4.79 Å². The second kappa shape index (κ2) is 8.91. The molecule has 3 aromatic rings. The molecule has 6 nitrogen and oxygen atoms in total. The van der Waals surface area contributed by atoms with Gasteiger partial charge in [-0.2, -0.15) is 4.72 Å². The largest absolute Gasteiger partial charge is 0.364 e. The lowest BCUT2D eigenvalue weighted by Crippen LogP contribution is -2.38. The molecule has 31 heavy (non-hydrogen) atoms. The monoisotopic (exact) mass is 435 g/mol. The molecule has 160 valence electrons. The fourth-order valence-electron chi connectivity index (χ4n) is 3.61. The van der Waals surface area contributed by atoms with E-state index < -0.39 is 16.2 Å². The second-order valence-corrected chi connectivity index (χ2v) is 9.40. The van der Waals surface area contributed by atoms with E-state index in [0.29, 0.717) is 11.3 Å². The number of carbonyl (C=O) groups excluding carboxylic acids is 1. The summed E-state index contributed by atoms with van der Waals surface area (Å²) in [7, 11) is -3.60. The Morgan fingerprint density at radius 2 is 1.65 bits per heavy atom. The molecule has 1 aliphatic heterocycles. The van der Waals surface area contributed by atoms with Crippen LogP contribution in [-0.4, -0.2) is 20.4 Å². The van der Waals surface area contributed by atoms with Gasteiger partial charge < -0.3 is 10.6 Å². The predicted molar refractivity (Wildman–Crippen MR) is 121 cm³/mol. The highest BCUT2D eigenvalue weighted by Gasteiger charge is 2.29. The summed E-state index contributed by atoms with van der Waals surface area (Å²) in [5.74, 6) is -0.144. The van der Waals surface area contributed by atoms with Gasteiger partial charge >= 0.3 is 0 Å². The van der Waals surface area contributed by atoms with Crippen LogP contribution in [0.4, 0.5) is 5.69 Å². The van der Waals surface area contributed by atoms with Crippen molar-refractivity contribution in [1.82, 2.24) is 10.0 Å². The molecule has 0 fully saturated rings. The van der Waals surface area contributed by atoms with Crippen molar-refractivity contribution >= 4 is 21.6 Å². The molecular weight excluding hydrogens is 410 g/mol. The summed E-state index contributed by atoms with van der Waals surface area (Å²) in [5, 5.41) is 6.22. The van der Waals surface area contributed by atoms with Crippen molar-refractivity contribution in [3.8, 4) is 0 Å². The number of carbonyl (C=O) groups is 1. The minimum absolute atomic E-state index is 0.0377. The summed E-state index contributed by atoms with van der Waals surface area (Å²) < 4.78 is 27.6. The highest BCUT2D eigenvalue weighted by atomic mass is 32.2. The molecule has 1 aliphatic rings. The number of benzene rings is 3. The number of sulfonamides is 1. The van der Waals surface area contributed by atoms with Gasteiger partial charge in [0.15, 0.2) is 0 Å². The van der Waals surface area contributed by atoms with Crippen molar-refractivity contribution < 1.29 is 13.2 Å². The van der Waals surface area contributed by atoms with Gasteiger partial charge in [-0.15, -0.1) is 0 Å². The Balaban J connectivity index is 1.38. The summed E-state index contributed by atoms with van der Waals surface area (Å²) in [5.41, 5.74) is 3.07. The Morgan fingerprint density at radius 3 is 2.39 bits per heavy atom. The van der Waals surface area contributed by atoms with Crippen molar-refractivity contribution in [2.24, 2.45) is 0 Å². The summed E-state index contributed by atoms with van der Waals surface area (Å²) in [6, 6.07) is 23.9. The number of hydrogen-bond acceptors (Lipinski definition) is 4. The maximum Gasteiger partial charge on any atom is 0.251 e. The first-order valence-electron chi connectivity index (χ1n) is 10.2. The van der Waals surface area contributed by atoms with E-state index in [1.807, 2.05) is 25.1 Å². The van der Waals surface area contributed by atoms with Crippen LogP contribution in [0.5, 0.6) is 0 Å². The van der Waals surface area contributed by atoms with E-state index in [4.69, 9.17) is 0 Å². The summed E-state index contributed by atoms with van der Waals surface area (Å²) in [4.78, 5) is 12.8. The van der Waals surface area contributed by atoms with Gasteiger partial charge in [-0.05, 0) is 55.2 Å². The van der Waals surface area contributed by atoms with E-state index in [1.165, 1.54) is 5.56 Å². The average molecular weight is 436 g/mol. The Bertz CT molecular complexity index is 1160. The molecule has 1 heterocycles. The van der Waals surface area contributed by atoms with Crippen molar-refractivity contribution in [3.05, 3.63) is 95.6 Å². The van der Waals surface area contributed by atoms with Crippen molar-refractivity contribution in [2.45, 2.75) is 36.9 Å². The van der Waals surface area contributed by atoms with E-state index >= 15 is 0 Å². The number of rotatable bonds is 6. The number of para-hydroxylation sites is 1. The number of anilines is 1. The standard InChI is InChI=1S/C24H25N3O3S/c1-17(11-12-18-7-3-2-4-8-18)25-24(28)20-15-13-19(14-16-20)23-26-21-9-5-6-10-22(21)31(29,30)27-23/h2-10,13-17,23,26-27H,11-12H2,1H3,(H,25,28)/t17-,23-/m1/s1. The predicted octanol–water partition coefficient (Wildman–Crippen LogP) is 3.84. The molecule has 0 aromatic heterocycles. The molecule has 0 saturated heterocycles. The highest BCUT2D eigenvalue weighted by Crippen LogP contribution is 2.30. The minimum atomic E-state index is -3.60. The molecule has 0 unspecified atom stereocenters. The number of aryl methyl sites for hydroxylation is 1. The van der Waals surface area contributed by atoms with Gasteiger partial charge in [0.05, 0.1) is 5.69 Å². The number of hydrogen-bond donors (Lipinski definition) is 3. The van der Waals surface area contributed by atoms with Crippen LogP contribution in [0.25, 0.3) is 0 Å². The zero-order chi connectivity index (χ0) is 21.8. The number of nitrogens with one attached hydrogen (secondary N) is 3. The molecule has 4 rings (SSSR count). The Labute approximate surface area is 182 Å². The van der Waals surface area contributed by atoms with Gasteiger partial charge in [-0.1, -0.05) is 54.6 Å². The van der Waals surface area contributed by atoms with Gasteiger partial charge in [0.1, 0.15) is 11.1 Å². The van der Waals surface area contributed by atoms with E-state index in [9.17, 15) is 13.2 Å². The van der Waals surface area contributed by atoms with Crippen LogP contribution in [0.15, 0.2) is 83.8 Å². The highest BCUT2D eigenvalue weighted by molar-refractivity contribution is 7.89. The Kier molecular flexibility index (Phi) is 6.06. The lowest BCUT2D eigenvalue weighted by atomic mass is 10.1. The van der Waals surface area contributed by atoms with Crippen LogP contribution < -0.4 is 15.4 Å². The summed E-state index contributed by atoms with van der Waals surface area (Å²) in [6.07, 6.45) is 1.15. The van der Waals surface area contributed by atoms with Crippen LogP contribution >= 0.6 is 0 Å². The first-order chi connectivity index (χ1) is 14.9. The molecule has 0 aliphatic carbocycles.